The maximum atomic E-state index is 12.0. The van der Waals surface area contributed by atoms with Gasteiger partial charge in [-0.25, -0.2) is 0 Å². The van der Waals surface area contributed by atoms with Crippen molar-refractivity contribution in [1.82, 2.24) is 10.6 Å². The SMILES string of the molecule is COc1ccc([C@@H](C)NCC(=O)NCc2cccc(Cl)c2)cc1Br. The van der Waals surface area contributed by atoms with Crippen molar-refractivity contribution in [2.45, 2.75) is 19.5 Å². The van der Waals surface area contributed by atoms with Gasteiger partial charge < -0.3 is 15.4 Å². The molecule has 2 N–H and O–H groups in total. The molecule has 2 aromatic carbocycles. The second-order valence-corrected chi connectivity index (χ2v) is 6.69. The predicted molar refractivity (Wildman–Crippen MR) is 100 cm³/mol. The van der Waals surface area contributed by atoms with Crippen LogP contribution < -0.4 is 15.4 Å². The van der Waals surface area contributed by atoms with Crippen molar-refractivity contribution in [3.05, 3.63) is 63.1 Å². The third-order valence-corrected chi connectivity index (χ3v) is 4.48. The summed E-state index contributed by atoms with van der Waals surface area (Å²) in [6.45, 7) is 2.72. The zero-order valence-electron chi connectivity index (χ0n) is 13.6. The van der Waals surface area contributed by atoms with Gasteiger partial charge in [-0.2, -0.15) is 0 Å². The van der Waals surface area contributed by atoms with E-state index in [4.69, 9.17) is 16.3 Å². The summed E-state index contributed by atoms with van der Waals surface area (Å²) < 4.78 is 6.11. The molecule has 2 aromatic rings. The van der Waals surface area contributed by atoms with E-state index in [1.165, 1.54) is 0 Å². The van der Waals surface area contributed by atoms with E-state index in [0.717, 1.165) is 21.3 Å². The molecule has 0 radical (unpaired) electrons. The van der Waals surface area contributed by atoms with Gasteiger partial charge in [0.15, 0.2) is 0 Å². The van der Waals surface area contributed by atoms with Gasteiger partial charge in [0, 0.05) is 17.6 Å². The summed E-state index contributed by atoms with van der Waals surface area (Å²) in [7, 11) is 1.63. The largest absolute Gasteiger partial charge is 0.496 e. The molecule has 2 rings (SSSR count). The van der Waals surface area contributed by atoms with Crippen molar-refractivity contribution in [2.24, 2.45) is 0 Å². The van der Waals surface area contributed by atoms with Gasteiger partial charge in [-0.05, 0) is 58.2 Å². The first kappa shape index (κ1) is 18.8. The summed E-state index contributed by atoms with van der Waals surface area (Å²) in [5.41, 5.74) is 2.05. The van der Waals surface area contributed by atoms with Crippen LogP contribution in [-0.2, 0) is 11.3 Å². The number of carbonyl (C=O) groups is 1. The van der Waals surface area contributed by atoms with Crippen LogP contribution in [0.3, 0.4) is 0 Å². The highest BCUT2D eigenvalue weighted by molar-refractivity contribution is 9.10. The van der Waals surface area contributed by atoms with E-state index in [9.17, 15) is 4.79 Å². The average molecular weight is 412 g/mol. The average Bonchev–Trinajstić information content (AvgIpc) is 2.57. The number of hydrogen-bond donors (Lipinski definition) is 2. The van der Waals surface area contributed by atoms with E-state index in [1.807, 2.05) is 49.4 Å². The van der Waals surface area contributed by atoms with Crippen LogP contribution in [0.5, 0.6) is 5.75 Å². The highest BCUT2D eigenvalue weighted by atomic mass is 79.9. The third-order valence-electron chi connectivity index (χ3n) is 3.62. The third kappa shape index (κ3) is 5.51. The monoisotopic (exact) mass is 410 g/mol. The predicted octanol–water partition coefficient (Wildman–Crippen LogP) is 4.08. The zero-order chi connectivity index (χ0) is 17.5. The molecule has 0 spiro atoms. The van der Waals surface area contributed by atoms with Crippen LogP contribution in [0.15, 0.2) is 46.9 Å². The van der Waals surface area contributed by atoms with Crippen LogP contribution >= 0.6 is 27.5 Å². The zero-order valence-corrected chi connectivity index (χ0v) is 15.9. The fourth-order valence-electron chi connectivity index (χ4n) is 2.23. The van der Waals surface area contributed by atoms with Crippen molar-refractivity contribution in [3.8, 4) is 5.75 Å². The topological polar surface area (TPSA) is 50.4 Å². The molecule has 128 valence electrons. The van der Waals surface area contributed by atoms with Crippen molar-refractivity contribution >= 4 is 33.4 Å². The number of carbonyl (C=O) groups excluding carboxylic acids is 1. The normalized spacial score (nSPS) is 11.8. The quantitative estimate of drug-likeness (QED) is 0.722. The summed E-state index contributed by atoms with van der Waals surface area (Å²) in [5.74, 6) is 0.722. The number of rotatable bonds is 7. The Bertz CT molecular complexity index is 709. The first-order chi connectivity index (χ1) is 11.5. The number of halogens is 2. The van der Waals surface area contributed by atoms with Gasteiger partial charge in [-0.15, -0.1) is 0 Å². The second-order valence-electron chi connectivity index (χ2n) is 5.40. The van der Waals surface area contributed by atoms with Crippen molar-refractivity contribution < 1.29 is 9.53 Å². The van der Waals surface area contributed by atoms with E-state index >= 15 is 0 Å². The van der Waals surface area contributed by atoms with Crippen molar-refractivity contribution in [1.29, 1.82) is 0 Å². The Morgan fingerprint density at radius 2 is 2.08 bits per heavy atom. The Balaban J connectivity index is 1.81. The molecule has 0 heterocycles. The Hall–Kier alpha value is -1.56. The molecule has 1 amide bonds. The summed E-state index contributed by atoms with van der Waals surface area (Å²) >= 11 is 9.40. The minimum atomic E-state index is -0.0607. The molecular weight excluding hydrogens is 392 g/mol. The number of amides is 1. The first-order valence-corrected chi connectivity index (χ1v) is 8.74. The van der Waals surface area contributed by atoms with Crippen molar-refractivity contribution in [2.75, 3.05) is 13.7 Å². The number of ether oxygens (including phenoxy) is 1. The van der Waals surface area contributed by atoms with E-state index < -0.39 is 0 Å². The van der Waals surface area contributed by atoms with Gasteiger partial charge in [0.05, 0.1) is 18.1 Å². The van der Waals surface area contributed by atoms with Crippen LogP contribution in [-0.4, -0.2) is 19.6 Å². The summed E-state index contributed by atoms with van der Waals surface area (Å²) in [5, 5.41) is 6.75. The molecule has 0 aliphatic carbocycles. The van der Waals surface area contributed by atoms with Gasteiger partial charge in [0.1, 0.15) is 5.75 Å². The lowest BCUT2D eigenvalue weighted by Gasteiger charge is -2.15. The van der Waals surface area contributed by atoms with E-state index in [0.29, 0.717) is 11.6 Å². The highest BCUT2D eigenvalue weighted by Gasteiger charge is 2.10. The molecule has 0 aliphatic heterocycles. The molecule has 0 fully saturated rings. The maximum absolute atomic E-state index is 12.0. The summed E-state index contributed by atoms with van der Waals surface area (Å²) in [4.78, 5) is 12.0. The highest BCUT2D eigenvalue weighted by Crippen LogP contribution is 2.27. The molecule has 6 heteroatoms. The molecule has 0 aromatic heterocycles. The molecular formula is C18H20BrClN2O2. The Morgan fingerprint density at radius 1 is 1.29 bits per heavy atom. The Labute approximate surface area is 155 Å². The molecule has 0 saturated carbocycles. The molecule has 1 atom stereocenters. The Morgan fingerprint density at radius 3 is 2.75 bits per heavy atom. The lowest BCUT2D eigenvalue weighted by atomic mass is 10.1. The van der Waals surface area contributed by atoms with E-state index in [2.05, 4.69) is 26.6 Å². The number of methoxy groups -OCH3 is 1. The first-order valence-electron chi connectivity index (χ1n) is 7.57. The van der Waals surface area contributed by atoms with Crippen LogP contribution in [0.1, 0.15) is 24.1 Å². The van der Waals surface area contributed by atoms with Crippen LogP contribution in [0.2, 0.25) is 5.02 Å². The van der Waals surface area contributed by atoms with Gasteiger partial charge in [-0.3, -0.25) is 4.79 Å². The molecule has 0 bridgehead atoms. The van der Waals surface area contributed by atoms with Crippen LogP contribution in [0.4, 0.5) is 0 Å². The molecule has 0 saturated heterocycles. The summed E-state index contributed by atoms with van der Waals surface area (Å²) in [6, 6.07) is 13.4. The minimum Gasteiger partial charge on any atom is -0.496 e. The van der Waals surface area contributed by atoms with E-state index in [-0.39, 0.29) is 18.5 Å². The number of nitrogens with one attached hydrogen (secondary N) is 2. The van der Waals surface area contributed by atoms with Crippen LogP contribution in [0, 0.1) is 0 Å². The lowest BCUT2D eigenvalue weighted by molar-refractivity contribution is -0.120. The van der Waals surface area contributed by atoms with Gasteiger partial charge in [0.2, 0.25) is 5.91 Å². The standard InChI is InChI=1S/C18H20BrClN2O2/c1-12(14-6-7-17(24-2)16(19)9-14)21-11-18(23)22-10-13-4-3-5-15(20)8-13/h3-9,12,21H,10-11H2,1-2H3,(H,22,23)/t12-/m1/s1. The minimum absolute atomic E-state index is 0.0455. The molecule has 0 unspecified atom stereocenters. The second kappa shape index (κ2) is 9.06. The van der Waals surface area contributed by atoms with Crippen LogP contribution in [0.25, 0.3) is 0 Å². The van der Waals surface area contributed by atoms with Gasteiger partial charge >= 0.3 is 0 Å². The lowest BCUT2D eigenvalue weighted by Crippen LogP contribution is -2.34. The van der Waals surface area contributed by atoms with Gasteiger partial charge in [0.25, 0.3) is 0 Å². The Kier molecular flexibility index (Phi) is 7.09. The number of hydrogen-bond acceptors (Lipinski definition) is 3. The fourth-order valence-corrected chi connectivity index (χ4v) is 3.00. The van der Waals surface area contributed by atoms with Crippen molar-refractivity contribution in [3.63, 3.8) is 0 Å². The molecule has 0 aliphatic rings. The van der Waals surface area contributed by atoms with Gasteiger partial charge in [-0.1, -0.05) is 29.8 Å². The molecule has 24 heavy (non-hydrogen) atoms. The fraction of sp³-hybridized carbons (Fsp3) is 0.278. The smallest absolute Gasteiger partial charge is 0.234 e. The maximum Gasteiger partial charge on any atom is 0.234 e. The number of benzene rings is 2. The van der Waals surface area contributed by atoms with E-state index in [1.54, 1.807) is 7.11 Å². The summed E-state index contributed by atoms with van der Waals surface area (Å²) in [6.07, 6.45) is 0. The molecule has 4 nitrogen and oxygen atoms in total.